The molecule has 0 saturated heterocycles. The molecule has 0 amide bonds. The van der Waals surface area contributed by atoms with E-state index < -0.39 is 10.0 Å². The number of nitrogens with one attached hydrogen (secondary N) is 1. The Labute approximate surface area is 111 Å². The molecule has 4 N–H and O–H groups in total. The number of hydrogen-bond donors (Lipinski definition) is 3. The Balaban J connectivity index is 2.38. The van der Waals surface area contributed by atoms with Crippen LogP contribution in [0, 0.1) is 6.92 Å². The fourth-order valence-corrected chi connectivity index (χ4v) is 2.59. The normalized spacial score (nSPS) is 11.2. The standard InChI is InChI=1S/C12H13N3O3S/c1-8-3-2-6-14-12(8)15-19(17,18)9-4-5-11(16)10(13)7-9/h2-7,16H,13H2,1H3,(H,14,15). The largest absolute Gasteiger partial charge is 0.506 e. The first-order valence-electron chi connectivity index (χ1n) is 5.43. The van der Waals surface area contributed by atoms with Gasteiger partial charge in [-0.1, -0.05) is 6.07 Å². The van der Waals surface area contributed by atoms with Gasteiger partial charge in [-0.3, -0.25) is 4.72 Å². The summed E-state index contributed by atoms with van der Waals surface area (Å²) in [5.74, 6) is 0.0992. The molecule has 100 valence electrons. The van der Waals surface area contributed by atoms with E-state index >= 15 is 0 Å². The Morgan fingerprint density at radius 1 is 1.32 bits per heavy atom. The van der Waals surface area contributed by atoms with E-state index in [0.717, 1.165) is 0 Å². The molecule has 7 heteroatoms. The molecule has 6 nitrogen and oxygen atoms in total. The van der Waals surface area contributed by atoms with Gasteiger partial charge in [0.2, 0.25) is 0 Å². The van der Waals surface area contributed by atoms with Gasteiger partial charge in [-0.05, 0) is 36.8 Å². The number of hydrogen-bond acceptors (Lipinski definition) is 5. The number of aromatic hydroxyl groups is 1. The maximum atomic E-state index is 12.1. The number of aryl methyl sites for hydroxylation is 1. The number of nitrogens with two attached hydrogens (primary N) is 1. The third-order valence-corrected chi connectivity index (χ3v) is 3.89. The van der Waals surface area contributed by atoms with Gasteiger partial charge >= 0.3 is 0 Å². The van der Waals surface area contributed by atoms with Crippen molar-refractivity contribution in [1.29, 1.82) is 0 Å². The van der Waals surface area contributed by atoms with Crippen molar-refractivity contribution in [3.8, 4) is 5.75 Å². The van der Waals surface area contributed by atoms with Gasteiger partial charge < -0.3 is 10.8 Å². The summed E-state index contributed by atoms with van der Waals surface area (Å²) >= 11 is 0. The van der Waals surface area contributed by atoms with E-state index in [1.807, 2.05) is 0 Å². The number of aromatic nitrogens is 1. The molecular formula is C12H13N3O3S. The summed E-state index contributed by atoms with van der Waals surface area (Å²) in [6, 6.07) is 7.15. The van der Waals surface area contributed by atoms with Crippen molar-refractivity contribution in [2.75, 3.05) is 10.5 Å². The molecule has 2 aromatic rings. The molecular weight excluding hydrogens is 266 g/mol. The van der Waals surface area contributed by atoms with Crippen molar-refractivity contribution in [3.63, 3.8) is 0 Å². The summed E-state index contributed by atoms with van der Waals surface area (Å²) in [4.78, 5) is 3.92. The SMILES string of the molecule is Cc1cccnc1NS(=O)(=O)c1ccc(O)c(N)c1. The van der Waals surface area contributed by atoms with Crippen LogP contribution in [0.2, 0.25) is 0 Å². The minimum atomic E-state index is -3.78. The lowest BCUT2D eigenvalue weighted by Gasteiger charge is -2.10. The Kier molecular flexibility index (Phi) is 3.30. The van der Waals surface area contributed by atoms with Gasteiger partial charge in [0.05, 0.1) is 10.6 Å². The summed E-state index contributed by atoms with van der Waals surface area (Å²) < 4.78 is 26.6. The molecule has 0 fully saturated rings. The first-order valence-corrected chi connectivity index (χ1v) is 6.91. The number of nitrogens with zero attached hydrogens (tertiary/aromatic N) is 1. The lowest BCUT2D eigenvalue weighted by Crippen LogP contribution is -2.15. The fourth-order valence-electron chi connectivity index (χ4n) is 1.48. The van der Waals surface area contributed by atoms with Crippen LogP contribution < -0.4 is 10.5 Å². The maximum absolute atomic E-state index is 12.1. The molecule has 0 aliphatic carbocycles. The van der Waals surface area contributed by atoms with Gasteiger partial charge in [0.15, 0.2) is 0 Å². The van der Waals surface area contributed by atoms with E-state index in [4.69, 9.17) is 5.73 Å². The molecule has 0 aliphatic heterocycles. The van der Waals surface area contributed by atoms with E-state index in [0.29, 0.717) is 5.56 Å². The minimum Gasteiger partial charge on any atom is -0.506 e. The van der Waals surface area contributed by atoms with Crippen LogP contribution in [-0.2, 0) is 10.0 Å². The lowest BCUT2D eigenvalue weighted by atomic mass is 10.3. The van der Waals surface area contributed by atoms with E-state index in [1.165, 1.54) is 24.4 Å². The average Bonchev–Trinajstić information content (AvgIpc) is 2.35. The second kappa shape index (κ2) is 4.77. The molecule has 19 heavy (non-hydrogen) atoms. The first kappa shape index (κ1) is 13.2. The van der Waals surface area contributed by atoms with Crippen molar-refractivity contribution in [3.05, 3.63) is 42.1 Å². The minimum absolute atomic E-state index is 0.000572. The molecule has 1 aromatic heterocycles. The summed E-state index contributed by atoms with van der Waals surface area (Å²) in [5.41, 5.74) is 6.19. The topological polar surface area (TPSA) is 105 Å². The van der Waals surface area contributed by atoms with Crippen molar-refractivity contribution < 1.29 is 13.5 Å². The molecule has 0 radical (unpaired) electrons. The molecule has 0 atom stereocenters. The van der Waals surface area contributed by atoms with Gasteiger partial charge in [0, 0.05) is 6.20 Å². The van der Waals surface area contributed by atoms with Crippen molar-refractivity contribution >= 4 is 21.5 Å². The molecule has 0 aliphatic rings. The number of phenolic OH excluding ortho intramolecular Hbond substituents is 1. The van der Waals surface area contributed by atoms with Crippen LogP contribution in [0.5, 0.6) is 5.75 Å². The first-order chi connectivity index (χ1) is 8.90. The quantitative estimate of drug-likeness (QED) is 0.583. The number of nitrogen functional groups attached to an aromatic ring is 1. The third-order valence-electron chi connectivity index (χ3n) is 2.55. The molecule has 0 bridgehead atoms. The molecule has 0 spiro atoms. The van der Waals surface area contributed by atoms with Gasteiger partial charge in [-0.2, -0.15) is 0 Å². The van der Waals surface area contributed by atoms with Crippen LogP contribution in [0.15, 0.2) is 41.4 Å². The van der Waals surface area contributed by atoms with E-state index in [2.05, 4.69) is 9.71 Å². The molecule has 1 aromatic carbocycles. The highest BCUT2D eigenvalue weighted by atomic mass is 32.2. The predicted octanol–water partition coefficient (Wildman–Crippen LogP) is 1.48. The Hall–Kier alpha value is -2.28. The van der Waals surface area contributed by atoms with Gasteiger partial charge in [0.25, 0.3) is 10.0 Å². The molecule has 2 rings (SSSR count). The number of sulfonamides is 1. The van der Waals surface area contributed by atoms with Crippen LogP contribution in [0.25, 0.3) is 0 Å². The Morgan fingerprint density at radius 2 is 2.05 bits per heavy atom. The van der Waals surface area contributed by atoms with Crippen LogP contribution in [-0.4, -0.2) is 18.5 Å². The molecule has 1 heterocycles. The Bertz CT molecular complexity index is 714. The van der Waals surface area contributed by atoms with Crippen molar-refractivity contribution in [1.82, 2.24) is 4.98 Å². The number of anilines is 2. The maximum Gasteiger partial charge on any atom is 0.263 e. The molecule has 0 unspecified atom stereocenters. The summed E-state index contributed by atoms with van der Waals surface area (Å²) in [7, 11) is -3.78. The lowest BCUT2D eigenvalue weighted by molar-refractivity contribution is 0.477. The van der Waals surface area contributed by atoms with Crippen molar-refractivity contribution in [2.24, 2.45) is 0 Å². The smallest absolute Gasteiger partial charge is 0.263 e. The Morgan fingerprint density at radius 3 is 2.68 bits per heavy atom. The monoisotopic (exact) mass is 279 g/mol. The third kappa shape index (κ3) is 2.76. The fraction of sp³-hybridized carbons (Fsp3) is 0.0833. The van der Waals surface area contributed by atoms with Crippen LogP contribution in [0.4, 0.5) is 11.5 Å². The summed E-state index contributed by atoms with van der Waals surface area (Å²) in [5, 5.41) is 9.29. The number of pyridine rings is 1. The van der Waals surface area contributed by atoms with E-state index in [9.17, 15) is 13.5 Å². The van der Waals surface area contributed by atoms with Gasteiger partial charge in [-0.25, -0.2) is 13.4 Å². The second-order valence-electron chi connectivity index (χ2n) is 4.00. The van der Waals surface area contributed by atoms with E-state index in [1.54, 1.807) is 19.1 Å². The average molecular weight is 279 g/mol. The predicted molar refractivity (Wildman–Crippen MR) is 72.3 cm³/mol. The van der Waals surface area contributed by atoms with Gasteiger partial charge in [-0.15, -0.1) is 0 Å². The van der Waals surface area contributed by atoms with Crippen LogP contribution >= 0.6 is 0 Å². The number of phenols is 1. The van der Waals surface area contributed by atoms with Gasteiger partial charge in [0.1, 0.15) is 11.6 Å². The number of rotatable bonds is 3. The van der Waals surface area contributed by atoms with Crippen LogP contribution in [0.1, 0.15) is 5.56 Å². The van der Waals surface area contributed by atoms with Crippen LogP contribution in [0.3, 0.4) is 0 Å². The number of benzene rings is 1. The van der Waals surface area contributed by atoms with E-state index in [-0.39, 0.29) is 22.2 Å². The summed E-state index contributed by atoms with van der Waals surface area (Å²) in [6.45, 7) is 1.75. The highest BCUT2D eigenvalue weighted by molar-refractivity contribution is 7.92. The summed E-state index contributed by atoms with van der Waals surface area (Å²) in [6.07, 6.45) is 1.50. The van der Waals surface area contributed by atoms with Crippen molar-refractivity contribution in [2.45, 2.75) is 11.8 Å². The zero-order chi connectivity index (χ0) is 14.0. The highest BCUT2D eigenvalue weighted by Crippen LogP contribution is 2.24. The second-order valence-corrected chi connectivity index (χ2v) is 5.68. The zero-order valence-corrected chi connectivity index (χ0v) is 11.0. The highest BCUT2D eigenvalue weighted by Gasteiger charge is 2.17. The zero-order valence-electron chi connectivity index (χ0n) is 10.2. The molecule has 0 saturated carbocycles.